The van der Waals surface area contributed by atoms with Crippen molar-refractivity contribution >= 4 is 43.2 Å². The summed E-state index contributed by atoms with van der Waals surface area (Å²) in [6.45, 7) is 3.70. The Bertz CT molecular complexity index is 528. The van der Waals surface area contributed by atoms with Crippen molar-refractivity contribution in [3.63, 3.8) is 0 Å². The van der Waals surface area contributed by atoms with Gasteiger partial charge in [0.05, 0.1) is 10.7 Å². The van der Waals surface area contributed by atoms with E-state index in [9.17, 15) is 0 Å². The maximum atomic E-state index is 4.43. The monoisotopic (exact) mass is 389 g/mol. The second-order valence-electron chi connectivity index (χ2n) is 3.89. The van der Waals surface area contributed by atoms with Crippen molar-refractivity contribution in [2.75, 3.05) is 6.54 Å². The minimum absolute atomic E-state index is 0.762. The van der Waals surface area contributed by atoms with E-state index >= 15 is 0 Å². The van der Waals surface area contributed by atoms with E-state index < -0.39 is 0 Å². The average Bonchev–Trinajstić information content (AvgIpc) is 2.73. The molecule has 2 rings (SSSR count). The predicted octanol–water partition coefficient (Wildman–Crippen LogP) is 3.70. The molecule has 96 valence electrons. The molecule has 0 saturated carbocycles. The van der Waals surface area contributed by atoms with Gasteiger partial charge in [0, 0.05) is 45.7 Å². The van der Waals surface area contributed by atoms with Gasteiger partial charge in [-0.05, 0) is 44.8 Å². The topological polar surface area (TPSA) is 37.8 Å². The fraction of sp³-hybridized carbons (Fsp3) is 0.333. The second-order valence-corrected chi connectivity index (χ2v) is 6.60. The molecule has 0 bridgehead atoms. The van der Waals surface area contributed by atoms with Gasteiger partial charge >= 0.3 is 0 Å². The molecule has 0 atom stereocenters. The summed E-state index contributed by atoms with van der Waals surface area (Å²) in [4.78, 5) is 8.79. The van der Waals surface area contributed by atoms with Gasteiger partial charge in [0.15, 0.2) is 0 Å². The van der Waals surface area contributed by atoms with E-state index in [-0.39, 0.29) is 0 Å². The lowest BCUT2D eigenvalue weighted by molar-refractivity contribution is 0.670. The third-order valence-electron chi connectivity index (χ3n) is 2.36. The van der Waals surface area contributed by atoms with Crippen LogP contribution in [0.15, 0.2) is 26.6 Å². The lowest BCUT2D eigenvalue weighted by Gasteiger charge is -2.05. The second kappa shape index (κ2) is 6.75. The molecule has 0 saturated heterocycles. The van der Waals surface area contributed by atoms with Crippen LogP contribution in [0, 0.1) is 6.92 Å². The predicted molar refractivity (Wildman–Crippen MR) is 81.9 cm³/mol. The van der Waals surface area contributed by atoms with Crippen molar-refractivity contribution in [3.05, 3.63) is 43.0 Å². The molecule has 0 unspecified atom stereocenters. The highest BCUT2D eigenvalue weighted by Gasteiger charge is 2.02. The van der Waals surface area contributed by atoms with Gasteiger partial charge in [-0.2, -0.15) is 0 Å². The summed E-state index contributed by atoms with van der Waals surface area (Å²) in [5.41, 5.74) is 2.13. The third kappa shape index (κ3) is 4.12. The number of nitrogens with zero attached hydrogens (tertiary/aromatic N) is 2. The molecule has 2 aromatic rings. The zero-order valence-corrected chi connectivity index (χ0v) is 13.9. The highest BCUT2D eigenvalue weighted by Crippen LogP contribution is 2.19. The summed E-state index contributed by atoms with van der Waals surface area (Å²) in [5.74, 6) is 0. The van der Waals surface area contributed by atoms with Crippen LogP contribution in [0.25, 0.3) is 0 Å². The van der Waals surface area contributed by atoms with Crippen molar-refractivity contribution < 1.29 is 0 Å². The van der Waals surface area contributed by atoms with Gasteiger partial charge in [0.25, 0.3) is 0 Å². The number of nitrogens with one attached hydrogen (secondary N) is 1. The zero-order valence-electron chi connectivity index (χ0n) is 9.91. The number of aromatic nitrogens is 2. The first kappa shape index (κ1) is 14.1. The summed E-state index contributed by atoms with van der Waals surface area (Å²) in [6.07, 6.45) is 2.78. The molecular weight excluding hydrogens is 378 g/mol. The minimum atomic E-state index is 0.762. The molecule has 0 amide bonds. The van der Waals surface area contributed by atoms with Crippen LogP contribution in [-0.2, 0) is 13.0 Å². The van der Waals surface area contributed by atoms with Crippen LogP contribution in [0.3, 0.4) is 0 Å². The van der Waals surface area contributed by atoms with Crippen molar-refractivity contribution in [2.24, 2.45) is 0 Å². The van der Waals surface area contributed by atoms with Gasteiger partial charge in [0.1, 0.15) is 0 Å². The Morgan fingerprint density at radius 1 is 1.39 bits per heavy atom. The van der Waals surface area contributed by atoms with Crippen molar-refractivity contribution in [1.82, 2.24) is 15.3 Å². The van der Waals surface area contributed by atoms with Gasteiger partial charge in [-0.25, -0.2) is 4.98 Å². The quantitative estimate of drug-likeness (QED) is 0.791. The standard InChI is InChI=1S/C12H13Br2N3S/c1-8-7-18-12(17-8)2-3-15-6-11-10(14)4-9(13)5-16-11/h4-5,7,15H,2-3,6H2,1H3. The Morgan fingerprint density at radius 3 is 2.89 bits per heavy atom. The fourth-order valence-corrected chi connectivity index (χ4v) is 3.40. The molecule has 0 radical (unpaired) electrons. The SMILES string of the molecule is Cc1csc(CCNCc2ncc(Br)cc2Br)n1. The van der Waals surface area contributed by atoms with Gasteiger partial charge in [0.2, 0.25) is 0 Å². The van der Waals surface area contributed by atoms with Crippen LogP contribution in [0.5, 0.6) is 0 Å². The van der Waals surface area contributed by atoms with Crippen molar-refractivity contribution in [3.8, 4) is 0 Å². The van der Waals surface area contributed by atoms with E-state index in [0.29, 0.717) is 0 Å². The first-order chi connectivity index (χ1) is 8.65. The lowest BCUT2D eigenvalue weighted by Crippen LogP contribution is -2.17. The number of hydrogen-bond acceptors (Lipinski definition) is 4. The molecule has 0 aromatic carbocycles. The van der Waals surface area contributed by atoms with Gasteiger partial charge < -0.3 is 5.32 Å². The van der Waals surface area contributed by atoms with Crippen molar-refractivity contribution in [2.45, 2.75) is 19.9 Å². The highest BCUT2D eigenvalue weighted by atomic mass is 79.9. The van der Waals surface area contributed by atoms with E-state index in [2.05, 4.69) is 52.5 Å². The Kier molecular flexibility index (Phi) is 5.29. The first-order valence-electron chi connectivity index (χ1n) is 5.57. The molecule has 18 heavy (non-hydrogen) atoms. The molecule has 0 aliphatic carbocycles. The summed E-state index contributed by atoms with van der Waals surface area (Å²) in [5, 5.41) is 6.65. The molecule has 1 N–H and O–H groups in total. The molecule has 0 spiro atoms. The number of halogens is 2. The molecule has 3 nitrogen and oxygen atoms in total. The summed E-state index contributed by atoms with van der Waals surface area (Å²) < 4.78 is 2.01. The van der Waals surface area contributed by atoms with Crippen LogP contribution in [0.4, 0.5) is 0 Å². The molecule has 0 aliphatic rings. The zero-order chi connectivity index (χ0) is 13.0. The maximum absolute atomic E-state index is 4.43. The van der Waals surface area contributed by atoms with Gasteiger partial charge in [-0.15, -0.1) is 11.3 Å². The lowest BCUT2D eigenvalue weighted by atomic mass is 10.3. The minimum Gasteiger partial charge on any atom is -0.311 e. The average molecular weight is 391 g/mol. The summed E-state index contributed by atoms with van der Waals surface area (Å²) in [6, 6.07) is 2.01. The molecule has 0 aliphatic heterocycles. The van der Waals surface area contributed by atoms with E-state index in [1.807, 2.05) is 19.2 Å². The van der Waals surface area contributed by atoms with Crippen LogP contribution >= 0.6 is 43.2 Å². The number of aryl methyl sites for hydroxylation is 1. The Morgan fingerprint density at radius 2 is 2.22 bits per heavy atom. The van der Waals surface area contributed by atoms with Crippen LogP contribution in [0.2, 0.25) is 0 Å². The molecule has 6 heteroatoms. The smallest absolute Gasteiger partial charge is 0.0940 e. The molecule has 2 aromatic heterocycles. The summed E-state index contributed by atoms with van der Waals surface area (Å²) in [7, 11) is 0. The highest BCUT2D eigenvalue weighted by molar-refractivity contribution is 9.11. The Hall–Kier alpha value is -0.300. The fourth-order valence-electron chi connectivity index (χ4n) is 1.49. The third-order valence-corrected chi connectivity index (χ3v) is 4.51. The number of pyridine rings is 1. The van der Waals surface area contributed by atoms with E-state index in [1.54, 1.807) is 11.3 Å². The van der Waals surface area contributed by atoms with E-state index in [1.165, 1.54) is 5.01 Å². The first-order valence-corrected chi connectivity index (χ1v) is 8.03. The number of thiazole rings is 1. The number of rotatable bonds is 5. The largest absolute Gasteiger partial charge is 0.311 e. The molecular formula is C12H13Br2N3S. The Balaban J connectivity index is 1.78. The van der Waals surface area contributed by atoms with Crippen LogP contribution in [-0.4, -0.2) is 16.5 Å². The van der Waals surface area contributed by atoms with Crippen LogP contribution < -0.4 is 5.32 Å². The summed E-state index contributed by atoms with van der Waals surface area (Å²) >= 11 is 8.61. The van der Waals surface area contributed by atoms with Crippen LogP contribution in [0.1, 0.15) is 16.4 Å². The molecule has 2 heterocycles. The normalized spacial score (nSPS) is 10.8. The van der Waals surface area contributed by atoms with E-state index in [0.717, 1.165) is 39.8 Å². The van der Waals surface area contributed by atoms with Crippen molar-refractivity contribution in [1.29, 1.82) is 0 Å². The number of hydrogen-bond donors (Lipinski definition) is 1. The van der Waals surface area contributed by atoms with E-state index in [4.69, 9.17) is 0 Å². The maximum Gasteiger partial charge on any atom is 0.0940 e. The van der Waals surface area contributed by atoms with Gasteiger partial charge in [-0.3, -0.25) is 4.98 Å². The van der Waals surface area contributed by atoms with Gasteiger partial charge in [-0.1, -0.05) is 0 Å². The molecule has 0 fully saturated rings. The Labute approximate surface area is 127 Å².